The Morgan fingerprint density at radius 3 is 2.60 bits per heavy atom. The van der Waals surface area contributed by atoms with Crippen molar-refractivity contribution in [2.24, 2.45) is 13.0 Å². The van der Waals surface area contributed by atoms with Gasteiger partial charge in [-0.1, -0.05) is 31.5 Å². The summed E-state index contributed by atoms with van der Waals surface area (Å²) in [7, 11) is 1.64. The van der Waals surface area contributed by atoms with Crippen LogP contribution in [-0.2, 0) is 7.05 Å². The van der Waals surface area contributed by atoms with E-state index in [1.165, 1.54) is 22.8 Å². The molecule has 1 amide bonds. The minimum absolute atomic E-state index is 0.208. The van der Waals surface area contributed by atoms with Gasteiger partial charge in [0.25, 0.3) is 11.5 Å². The van der Waals surface area contributed by atoms with Crippen molar-refractivity contribution in [3.8, 4) is 0 Å². The highest BCUT2D eigenvalue weighted by Gasteiger charge is 2.26. The molecule has 0 radical (unpaired) electrons. The van der Waals surface area contributed by atoms with E-state index in [0.717, 1.165) is 6.42 Å². The fourth-order valence-corrected chi connectivity index (χ4v) is 3.60. The van der Waals surface area contributed by atoms with Gasteiger partial charge in [0.2, 0.25) is 0 Å². The summed E-state index contributed by atoms with van der Waals surface area (Å²) in [6.07, 6.45) is 0.763. The van der Waals surface area contributed by atoms with Crippen molar-refractivity contribution < 1.29 is 9.18 Å². The lowest BCUT2D eigenvalue weighted by molar-refractivity contribution is 0.0669. The van der Waals surface area contributed by atoms with Gasteiger partial charge in [0.15, 0.2) is 0 Å². The molecule has 0 aliphatic heterocycles. The summed E-state index contributed by atoms with van der Waals surface area (Å²) in [6, 6.07) is 10.1. The molecule has 0 saturated heterocycles. The third-order valence-corrected chi connectivity index (χ3v) is 5.43. The van der Waals surface area contributed by atoms with Gasteiger partial charge in [-0.3, -0.25) is 14.2 Å². The molecule has 0 spiro atoms. The van der Waals surface area contributed by atoms with Crippen LogP contribution in [0, 0.1) is 11.7 Å². The molecule has 0 saturated carbocycles. The highest BCUT2D eigenvalue weighted by Crippen LogP contribution is 2.24. The van der Waals surface area contributed by atoms with Gasteiger partial charge in [0, 0.05) is 24.2 Å². The zero-order valence-corrected chi connectivity index (χ0v) is 18.3. The van der Waals surface area contributed by atoms with E-state index < -0.39 is 11.9 Å². The molecule has 1 atom stereocenters. The number of carbonyl (C=O) groups is 1. The van der Waals surface area contributed by atoms with Crippen LogP contribution in [-0.4, -0.2) is 26.9 Å². The second-order valence-corrected chi connectivity index (χ2v) is 8.30. The number of benzene rings is 2. The average Bonchev–Trinajstić information content (AvgIpc) is 2.70. The molecule has 3 aromatic rings. The molecule has 1 heterocycles. The number of nitrogens with zero attached hydrogens (tertiary/aromatic N) is 3. The van der Waals surface area contributed by atoms with Gasteiger partial charge in [-0.05, 0) is 55.7 Å². The lowest BCUT2D eigenvalue weighted by atomic mass is 10.1. The second kappa shape index (κ2) is 8.96. The molecule has 7 heteroatoms. The summed E-state index contributed by atoms with van der Waals surface area (Å²) < 4.78 is 15.2. The third-order valence-electron chi connectivity index (χ3n) is 5.19. The van der Waals surface area contributed by atoms with Crippen LogP contribution >= 0.6 is 11.6 Å². The van der Waals surface area contributed by atoms with E-state index in [9.17, 15) is 14.0 Å². The Morgan fingerprint density at radius 1 is 1.20 bits per heavy atom. The quantitative estimate of drug-likeness (QED) is 0.555. The molecule has 0 bridgehead atoms. The first-order valence-electron chi connectivity index (χ1n) is 9.91. The van der Waals surface area contributed by atoms with E-state index >= 15 is 0 Å². The molecular weight excluding hydrogens is 405 g/mol. The normalized spacial score (nSPS) is 12.4. The molecule has 2 aromatic carbocycles. The third kappa shape index (κ3) is 4.54. The fraction of sp³-hybridized carbons (Fsp3) is 0.348. The van der Waals surface area contributed by atoms with Crippen LogP contribution in [0.5, 0.6) is 0 Å². The highest BCUT2D eigenvalue weighted by atomic mass is 35.5. The van der Waals surface area contributed by atoms with Crippen molar-refractivity contribution in [1.29, 1.82) is 0 Å². The number of amides is 1. The van der Waals surface area contributed by atoms with Crippen LogP contribution in [0.3, 0.4) is 0 Å². The van der Waals surface area contributed by atoms with Gasteiger partial charge < -0.3 is 4.90 Å². The van der Waals surface area contributed by atoms with E-state index in [1.54, 1.807) is 36.2 Å². The number of aromatic nitrogens is 2. The van der Waals surface area contributed by atoms with Crippen LogP contribution in [0.1, 0.15) is 49.4 Å². The number of halogens is 2. The summed E-state index contributed by atoms with van der Waals surface area (Å²) in [4.78, 5) is 32.4. The van der Waals surface area contributed by atoms with Gasteiger partial charge >= 0.3 is 0 Å². The summed E-state index contributed by atoms with van der Waals surface area (Å²) >= 11 is 6.09. The Labute approximate surface area is 180 Å². The average molecular weight is 430 g/mol. The van der Waals surface area contributed by atoms with Crippen molar-refractivity contribution >= 4 is 28.4 Å². The first-order chi connectivity index (χ1) is 14.2. The molecule has 1 unspecified atom stereocenters. The minimum Gasteiger partial charge on any atom is -0.329 e. The van der Waals surface area contributed by atoms with Crippen molar-refractivity contribution in [3.63, 3.8) is 0 Å². The molecule has 5 nitrogen and oxygen atoms in total. The molecule has 3 rings (SSSR count). The molecule has 0 aliphatic carbocycles. The van der Waals surface area contributed by atoms with E-state index in [2.05, 4.69) is 18.8 Å². The van der Waals surface area contributed by atoms with Crippen LogP contribution < -0.4 is 5.56 Å². The first-order valence-corrected chi connectivity index (χ1v) is 10.3. The lowest BCUT2D eigenvalue weighted by Gasteiger charge is -2.30. The molecule has 0 fully saturated rings. The van der Waals surface area contributed by atoms with Gasteiger partial charge in [-0.2, -0.15) is 0 Å². The molecule has 1 aromatic heterocycles. The molecule has 30 heavy (non-hydrogen) atoms. The number of carbonyl (C=O) groups excluding carboxylic acids is 1. The smallest absolute Gasteiger partial charge is 0.261 e. The Balaban J connectivity index is 2.08. The zero-order valence-electron chi connectivity index (χ0n) is 17.5. The van der Waals surface area contributed by atoms with Crippen LogP contribution in [0.15, 0.2) is 47.3 Å². The van der Waals surface area contributed by atoms with Gasteiger partial charge in [-0.15, -0.1) is 0 Å². The minimum atomic E-state index is -0.499. The summed E-state index contributed by atoms with van der Waals surface area (Å²) in [5, 5.41) is 0.942. The summed E-state index contributed by atoms with van der Waals surface area (Å²) in [6.45, 7) is 6.43. The number of fused-ring (bicyclic) bond motifs is 1. The standard InChI is InChI=1S/C23H25ClFN3O2/c1-14(2)10-11-28(22(29)16-6-5-7-18(25)12-16)15(3)21-26-20-13-17(24)8-9-19(20)23(30)27(21)4/h5-9,12-15H,10-11H2,1-4H3. The number of hydrogen-bond acceptors (Lipinski definition) is 3. The monoisotopic (exact) mass is 429 g/mol. The number of rotatable bonds is 6. The van der Waals surface area contributed by atoms with Gasteiger partial charge in [-0.25, -0.2) is 9.37 Å². The lowest BCUT2D eigenvalue weighted by Crippen LogP contribution is -2.38. The van der Waals surface area contributed by atoms with E-state index in [0.29, 0.717) is 34.2 Å². The fourth-order valence-electron chi connectivity index (χ4n) is 3.43. The van der Waals surface area contributed by atoms with Gasteiger partial charge in [0.1, 0.15) is 11.6 Å². The molecule has 0 N–H and O–H groups in total. The molecule has 0 aliphatic rings. The van der Waals surface area contributed by atoms with Crippen molar-refractivity contribution in [2.75, 3.05) is 6.54 Å². The van der Waals surface area contributed by atoms with Crippen molar-refractivity contribution in [2.45, 2.75) is 33.2 Å². The predicted molar refractivity (Wildman–Crippen MR) is 117 cm³/mol. The maximum atomic E-state index is 13.7. The predicted octanol–water partition coefficient (Wildman–Crippen LogP) is 4.98. The van der Waals surface area contributed by atoms with E-state index in [4.69, 9.17) is 11.6 Å². The maximum absolute atomic E-state index is 13.7. The van der Waals surface area contributed by atoms with Crippen LogP contribution in [0.25, 0.3) is 10.9 Å². The Morgan fingerprint density at radius 2 is 1.93 bits per heavy atom. The van der Waals surface area contributed by atoms with Crippen molar-refractivity contribution in [1.82, 2.24) is 14.5 Å². The second-order valence-electron chi connectivity index (χ2n) is 7.86. The van der Waals surface area contributed by atoms with Crippen molar-refractivity contribution in [3.05, 3.63) is 75.0 Å². The highest BCUT2D eigenvalue weighted by molar-refractivity contribution is 6.31. The maximum Gasteiger partial charge on any atom is 0.261 e. The largest absolute Gasteiger partial charge is 0.329 e. The molecule has 158 valence electrons. The number of hydrogen-bond donors (Lipinski definition) is 0. The SMILES string of the molecule is CC(C)CCN(C(=O)c1cccc(F)c1)C(C)c1nc2cc(Cl)ccc2c(=O)n1C. The molecular formula is C23H25ClFN3O2. The van der Waals surface area contributed by atoms with Crippen LogP contribution in [0.2, 0.25) is 5.02 Å². The first kappa shape index (κ1) is 22.0. The summed E-state index contributed by atoms with van der Waals surface area (Å²) in [5.74, 6) is 0.0433. The van der Waals surface area contributed by atoms with Gasteiger partial charge in [0.05, 0.1) is 16.9 Å². The Hall–Kier alpha value is -2.73. The topological polar surface area (TPSA) is 55.2 Å². The zero-order chi connectivity index (χ0) is 22.0. The Kier molecular flexibility index (Phi) is 6.56. The van der Waals surface area contributed by atoms with E-state index in [-0.39, 0.29) is 17.0 Å². The Bertz CT molecular complexity index is 1140. The summed E-state index contributed by atoms with van der Waals surface area (Å²) in [5.41, 5.74) is 0.537. The van der Waals surface area contributed by atoms with Crippen LogP contribution in [0.4, 0.5) is 4.39 Å². The van der Waals surface area contributed by atoms with E-state index in [1.807, 2.05) is 6.92 Å².